The Balaban J connectivity index is 1.60. The van der Waals surface area contributed by atoms with Crippen LogP contribution in [0.5, 0.6) is 0 Å². The summed E-state index contributed by atoms with van der Waals surface area (Å²) < 4.78 is 5.82. The molecule has 0 aromatic carbocycles. The average Bonchev–Trinajstić information content (AvgIpc) is 3.39. The molecule has 3 fully saturated rings. The van der Waals surface area contributed by atoms with Crippen LogP contribution in [0, 0.1) is 40.4 Å². The summed E-state index contributed by atoms with van der Waals surface area (Å²) in [6.07, 6.45) is 8.18. The van der Waals surface area contributed by atoms with Gasteiger partial charge in [-0.25, -0.2) is 0 Å². The van der Waals surface area contributed by atoms with Gasteiger partial charge in [0.05, 0.1) is 0 Å². The Morgan fingerprint density at radius 3 is 2.45 bits per heavy atom. The number of hydrogen-bond donors (Lipinski definition) is 0. The highest BCUT2D eigenvalue weighted by Gasteiger charge is 2.70. The number of ketones is 2. The molecule has 29 heavy (non-hydrogen) atoms. The van der Waals surface area contributed by atoms with E-state index >= 15 is 0 Å². The van der Waals surface area contributed by atoms with Crippen LogP contribution in [0.1, 0.15) is 59.8 Å². The summed E-state index contributed by atoms with van der Waals surface area (Å²) in [5, 5.41) is 0.713. The van der Waals surface area contributed by atoms with Gasteiger partial charge in [-0.3, -0.25) is 14.4 Å². The maximum Gasteiger partial charge on any atom is 0.303 e. The predicted molar refractivity (Wildman–Crippen MR) is 109 cm³/mol. The molecule has 8 atom stereocenters. The van der Waals surface area contributed by atoms with Gasteiger partial charge in [0.2, 0.25) is 0 Å². The van der Waals surface area contributed by atoms with Crippen LogP contribution in [0.2, 0.25) is 0 Å². The van der Waals surface area contributed by atoms with Crippen LogP contribution in [0.3, 0.4) is 0 Å². The average molecular weight is 417 g/mol. The second kappa shape index (κ2) is 5.84. The Labute approximate surface area is 177 Å². The van der Waals surface area contributed by atoms with Crippen molar-refractivity contribution in [2.24, 2.45) is 40.4 Å². The number of ether oxygens (including phenoxy) is 1. The van der Waals surface area contributed by atoms with E-state index in [4.69, 9.17) is 16.3 Å². The second-order valence-electron chi connectivity index (χ2n) is 10.5. The summed E-state index contributed by atoms with van der Waals surface area (Å²) in [7, 11) is 0. The molecular weight excluding hydrogens is 388 g/mol. The number of carbonyl (C=O) groups excluding carboxylic acids is 3. The first-order valence-electron chi connectivity index (χ1n) is 10.9. The summed E-state index contributed by atoms with van der Waals surface area (Å²) in [5.41, 5.74) is -0.455. The number of rotatable bonds is 2. The highest BCUT2D eigenvalue weighted by atomic mass is 35.5. The minimum absolute atomic E-state index is 0.0423. The molecule has 0 bridgehead atoms. The van der Waals surface area contributed by atoms with Gasteiger partial charge < -0.3 is 4.74 Å². The molecule has 0 aromatic heterocycles. The van der Waals surface area contributed by atoms with E-state index in [9.17, 15) is 14.4 Å². The van der Waals surface area contributed by atoms with Crippen LogP contribution < -0.4 is 0 Å². The molecule has 3 saturated carbocycles. The monoisotopic (exact) mass is 416 g/mol. The van der Waals surface area contributed by atoms with Gasteiger partial charge in [-0.1, -0.05) is 31.5 Å². The Hall–Kier alpha value is -1.42. The standard InChI is InChI=1S/C24H29ClO4/c1-12(26)24(29-13(2)27)8-6-16-14-10-20(25)19-11-21(28)15-9-18(15)23(19,4)17(14)5-7-22(16,24)3/h10-11,14-18H,5-9H2,1-4H3/t14-,15+,16?,17-,18-,22?,23-,24-/m0/s1. The van der Waals surface area contributed by atoms with Crippen molar-refractivity contribution in [2.45, 2.75) is 65.4 Å². The third-order valence-corrected chi connectivity index (χ3v) is 9.83. The third-order valence-electron chi connectivity index (χ3n) is 9.50. The Bertz CT molecular complexity index is 903. The molecule has 0 saturated heterocycles. The SMILES string of the molecule is CC(=O)O[C@]1(C(C)=O)CCC2[C@@H]3C=C(Cl)C4=CC(=O)[C@@H]5C[C@@H]5[C@]4(C)[C@H]3CCC21C. The van der Waals surface area contributed by atoms with Crippen molar-refractivity contribution < 1.29 is 19.1 Å². The highest BCUT2D eigenvalue weighted by Crippen LogP contribution is 2.72. The van der Waals surface area contributed by atoms with Crippen LogP contribution in [0.25, 0.3) is 0 Å². The highest BCUT2D eigenvalue weighted by molar-refractivity contribution is 6.32. The number of halogens is 1. The van der Waals surface area contributed by atoms with Crippen molar-refractivity contribution in [1.29, 1.82) is 0 Å². The fourth-order valence-electron chi connectivity index (χ4n) is 8.03. The molecule has 2 unspecified atom stereocenters. The lowest BCUT2D eigenvalue weighted by Gasteiger charge is -2.57. The summed E-state index contributed by atoms with van der Waals surface area (Å²) in [5.74, 6) is 1.27. The third kappa shape index (κ3) is 2.24. The Morgan fingerprint density at radius 2 is 1.79 bits per heavy atom. The van der Waals surface area contributed by atoms with Crippen molar-refractivity contribution in [3.63, 3.8) is 0 Å². The van der Waals surface area contributed by atoms with E-state index in [0.717, 1.165) is 31.3 Å². The zero-order valence-electron chi connectivity index (χ0n) is 17.6. The van der Waals surface area contributed by atoms with Crippen LogP contribution in [0.4, 0.5) is 0 Å². The van der Waals surface area contributed by atoms with Gasteiger partial charge in [0, 0.05) is 28.7 Å². The maximum atomic E-state index is 12.8. The van der Waals surface area contributed by atoms with Gasteiger partial charge >= 0.3 is 5.97 Å². The topological polar surface area (TPSA) is 60.4 Å². The van der Waals surface area contributed by atoms with E-state index < -0.39 is 5.60 Å². The minimum Gasteiger partial charge on any atom is -0.451 e. The quantitative estimate of drug-likeness (QED) is 0.617. The molecule has 0 aliphatic heterocycles. The normalized spacial score (nSPS) is 49.7. The number of carbonyl (C=O) groups is 3. The molecular formula is C24H29ClO4. The molecule has 4 nitrogen and oxygen atoms in total. The first-order chi connectivity index (χ1) is 13.6. The molecule has 0 radical (unpaired) electrons. The van der Waals surface area contributed by atoms with Gasteiger partial charge in [-0.2, -0.15) is 0 Å². The molecule has 0 spiro atoms. The van der Waals surface area contributed by atoms with Crippen molar-refractivity contribution in [3.8, 4) is 0 Å². The number of allylic oxidation sites excluding steroid dienone is 4. The molecule has 5 heteroatoms. The maximum absolute atomic E-state index is 12.8. The number of Topliss-reactive ketones (excluding diaryl/α,β-unsaturated/α-hetero) is 1. The second-order valence-corrected chi connectivity index (χ2v) is 10.9. The molecule has 0 heterocycles. The molecule has 156 valence electrons. The Kier molecular flexibility index (Phi) is 3.93. The van der Waals surface area contributed by atoms with E-state index in [0.29, 0.717) is 23.3 Å². The van der Waals surface area contributed by atoms with Crippen LogP contribution in [-0.4, -0.2) is 23.1 Å². The lowest BCUT2D eigenvalue weighted by molar-refractivity contribution is -0.185. The Morgan fingerprint density at radius 1 is 1.10 bits per heavy atom. The van der Waals surface area contributed by atoms with Crippen LogP contribution in [-0.2, 0) is 19.1 Å². The van der Waals surface area contributed by atoms with E-state index in [-0.39, 0.29) is 46.1 Å². The largest absolute Gasteiger partial charge is 0.451 e. The number of esters is 1. The van der Waals surface area contributed by atoms with Gasteiger partial charge in [-0.15, -0.1) is 0 Å². The van der Waals surface area contributed by atoms with Crippen molar-refractivity contribution in [2.75, 3.05) is 0 Å². The zero-order chi connectivity index (χ0) is 20.9. The van der Waals surface area contributed by atoms with Crippen LogP contribution >= 0.6 is 11.6 Å². The lowest BCUT2D eigenvalue weighted by Crippen LogP contribution is -2.58. The summed E-state index contributed by atoms with van der Waals surface area (Å²) in [4.78, 5) is 37.1. The lowest BCUT2D eigenvalue weighted by atomic mass is 9.47. The van der Waals surface area contributed by atoms with E-state index in [2.05, 4.69) is 19.9 Å². The smallest absolute Gasteiger partial charge is 0.303 e. The fourth-order valence-corrected chi connectivity index (χ4v) is 8.43. The van der Waals surface area contributed by atoms with Gasteiger partial charge in [0.15, 0.2) is 17.2 Å². The van der Waals surface area contributed by atoms with Crippen LogP contribution in [0.15, 0.2) is 22.8 Å². The van der Waals surface area contributed by atoms with E-state index in [1.807, 2.05) is 6.08 Å². The van der Waals surface area contributed by atoms with Crippen molar-refractivity contribution in [3.05, 3.63) is 22.8 Å². The fraction of sp³-hybridized carbons (Fsp3) is 0.708. The van der Waals surface area contributed by atoms with Gasteiger partial charge in [-0.05, 0) is 74.3 Å². The molecule has 5 aliphatic carbocycles. The molecule has 0 amide bonds. The predicted octanol–water partition coefficient (Wildman–Crippen LogP) is 4.61. The molecule has 0 N–H and O–H groups in total. The van der Waals surface area contributed by atoms with Gasteiger partial charge in [0.1, 0.15) is 0 Å². The van der Waals surface area contributed by atoms with Crippen molar-refractivity contribution >= 4 is 29.1 Å². The van der Waals surface area contributed by atoms with E-state index in [1.165, 1.54) is 6.92 Å². The molecule has 5 rings (SSSR count). The number of hydrogen-bond acceptors (Lipinski definition) is 4. The van der Waals surface area contributed by atoms with Crippen molar-refractivity contribution in [1.82, 2.24) is 0 Å². The zero-order valence-corrected chi connectivity index (χ0v) is 18.3. The minimum atomic E-state index is -1.03. The van der Waals surface area contributed by atoms with Gasteiger partial charge in [0.25, 0.3) is 0 Å². The first-order valence-corrected chi connectivity index (χ1v) is 11.3. The van der Waals surface area contributed by atoms with E-state index in [1.54, 1.807) is 6.92 Å². The molecule has 0 aromatic rings. The first kappa shape index (κ1) is 19.5. The molecule has 5 aliphatic rings. The summed E-state index contributed by atoms with van der Waals surface area (Å²) in [6, 6.07) is 0. The summed E-state index contributed by atoms with van der Waals surface area (Å²) >= 11 is 6.79. The number of fused-ring (bicyclic) bond motifs is 7. The summed E-state index contributed by atoms with van der Waals surface area (Å²) in [6.45, 7) is 7.42.